The fourth-order valence-electron chi connectivity index (χ4n) is 1.84. The number of carbonyl (C=O) groups excluding carboxylic acids is 1. The second kappa shape index (κ2) is 5.61. The molecule has 0 saturated carbocycles. The summed E-state index contributed by atoms with van der Waals surface area (Å²) in [5, 5.41) is 12.4. The van der Waals surface area contributed by atoms with E-state index in [1.807, 2.05) is 11.8 Å². The smallest absolute Gasteiger partial charge is 0.237 e. The first-order valence-corrected chi connectivity index (χ1v) is 5.69. The molecular weight excluding hydrogens is 208 g/mol. The van der Waals surface area contributed by atoms with Gasteiger partial charge in [-0.1, -0.05) is 0 Å². The molecular formula is C11H22N2O3. The van der Waals surface area contributed by atoms with Crippen molar-refractivity contribution in [1.29, 1.82) is 0 Å². The Morgan fingerprint density at radius 1 is 1.62 bits per heavy atom. The van der Waals surface area contributed by atoms with E-state index in [-0.39, 0.29) is 11.9 Å². The summed E-state index contributed by atoms with van der Waals surface area (Å²) < 4.78 is 4.90. The molecule has 1 fully saturated rings. The highest BCUT2D eigenvalue weighted by molar-refractivity contribution is 5.81. The van der Waals surface area contributed by atoms with Gasteiger partial charge in [-0.2, -0.15) is 0 Å². The first-order chi connectivity index (χ1) is 7.46. The molecule has 1 unspecified atom stereocenters. The van der Waals surface area contributed by atoms with Crippen LogP contribution in [0, 0.1) is 0 Å². The average molecular weight is 230 g/mol. The number of ether oxygens (including phenoxy) is 1. The van der Waals surface area contributed by atoms with Crippen molar-refractivity contribution in [3.05, 3.63) is 0 Å². The van der Waals surface area contributed by atoms with Crippen molar-refractivity contribution in [1.82, 2.24) is 10.2 Å². The Balaban J connectivity index is 2.17. The topological polar surface area (TPSA) is 61.8 Å². The lowest BCUT2D eigenvalue weighted by molar-refractivity contribution is -0.138. The van der Waals surface area contributed by atoms with E-state index >= 15 is 0 Å². The highest BCUT2D eigenvalue weighted by Crippen LogP contribution is 2.22. The maximum absolute atomic E-state index is 11.7. The molecule has 5 nitrogen and oxygen atoms in total. The molecule has 0 aromatic carbocycles. The number of hydrogen-bond acceptors (Lipinski definition) is 4. The van der Waals surface area contributed by atoms with Crippen LogP contribution in [0.25, 0.3) is 0 Å². The Labute approximate surface area is 96.8 Å². The third-order valence-electron chi connectivity index (χ3n) is 2.84. The number of aliphatic hydroxyl groups is 1. The van der Waals surface area contributed by atoms with Crippen LogP contribution in [0.3, 0.4) is 0 Å². The Morgan fingerprint density at radius 2 is 2.25 bits per heavy atom. The number of rotatable bonds is 6. The van der Waals surface area contributed by atoms with Gasteiger partial charge < -0.3 is 15.2 Å². The lowest BCUT2D eigenvalue weighted by Gasteiger charge is -2.46. The first kappa shape index (κ1) is 13.4. The van der Waals surface area contributed by atoms with E-state index in [4.69, 9.17) is 4.74 Å². The van der Waals surface area contributed by atoms with E-state index in [1.54, 1.807) is 14.0 Å². The van der Waals surface area contributed by atoms with Crippen molar-refractivity contribution < 1.29 is 14.6 Å². The maximum atomic E-state index is 11.7. The van der Waals surface area contributed by atoms with Gasteiger partial charge >= 0.3 is 0 Å². The molecule has 0 bridgehead atoms. The predicted octanol–water partition coefficient (Wildman–Crippen LogP) is -0.406. The van der Waals surface area contributed by atoms with E-state index in [2.05, 4.69) is 5.32 Å². The molecule has 1 rings (SSSR count). The summed E-state index contributed by atoms with van der Waals surface area (Å²) in [5.41, 5.74) is -0.620. The largest absolute Gasteiger partial charge is 0.388 e. The minimum absolute atomic E-state index is 0.0200. The van der Waals surface area contributed by atoms with Crippen LogP contribution in [0.4, 0.5) is 0 Å². The van der Waals surface area contributed by atoms with Gasteiger partial charge in [0.15, 0.2) is 0 Å². The van der Waals surface area contributed by atoms with Crippen molar-refractivity contribution in [2.45, 2.75) is 31.9 Å². The number of hydrogen-bond donors (Lipinski definition) is 2. The Bertz CT molecular complexity index is 235. The fraction of sp³-hybridized carbons (Fsp3) is 0.909. The highest BCUT2D eigenvalue weighted by atomic mass is 16.5. The van der Waals surface area contributed by atoms with Crippen LogP contribution in [0.2, 0.25) is 0 Å². The van der Waals surface area contributed by atoms with Crippen LogP contribution in [0.5, 0.6) is 0 Å². The van der Waals surface area contributed by atoms with Crippen LogP contribution < -0.4 is 5.32 Å². The maximum Gasteiger partial charge on any atom is 0.237 e. The van der Waals surface area contributed by atoms with Gasteiger partial charge in [-0.15, -0.1) is 0 Å². The van der Waals surface area contributed by atoms with E-state index < -0.39 is 5.60 Å². The van der Waals surface area contributed by atoms with Gasteiger partial charge in [0.25, 0.3) is 0 Å². The van der Waals surface area contributed by atoms with E-state index in [1.165, 1.54) is 0 Å². The molecule has 1 amide bonds. The molecule has 94 valence electrons. The second-order valence-corrected chi connectivity index (χ2v) is 4.72. The Hall–Kier alpha value is -0.650. The summed E-state index contributed by atoms with van der Waals surface area (Å²) in [6.07, 6.45) is 0.826. The number of likely N-dealkylation sites (tertiary alicyclic amines) is 1. The van der Waals surface area contributed by atoms with Gasteiger partial charge in [0.1, 0.15) is 0 Å². The molecule has 1 heterocycles. The van der Waals surface area contributed by atoms with Gasteiger partial charge in [0.2, 0.25) is 5.91 Å². The van der Waals surface area contributed by atoms with E-state index in [0.29, 0.717) is 26.2 Å². The molecule has 5 heteroatoms. The SMILES string of the molecule is COCCCNC(=O)C(C)N1CC(C)(O)C1. The van der Waals surface area contributed by atoms with E-state index in [0.717, 1.165) is 6.42 Å². The quantitative estimate of drug-likeness (QED) is 0.609. The summed E-state index contributed by atoms with van der Waals surface area (Å²) in [6, 6.07) is -0.164. The molecule has 1 atom stereocenters. The third-order valence-corrected chi connectivity index (χ3v) is 2.84. The Kier molecular flexibility index (Phi) is 4.70. The van der Waals surface area contributed by atoms with Crippen LogP contribution in [-0.2, 0) is 9.53 Å². The van der Waals surface area contributed by atoms with Gasteiger partial charge in [0, 0.05) is 33.4 Å². The number of nitrogens with zero attached hydrogens (tertiary/aromatic N) is 1. The minimum Gasteiger partial charge on any atom is -0.388 e. The molecule has 0 spiro atoms. The number of methoxy groups -OCH3 is 1. The third kappa shape index (κ3) is 3.73. The molecule has 0 aliphatic carbocycles. The van der Waals surface area contributed by atoms with Gasteiger partial charge in [0.05, 0.1) is 11.6 Å². The number of carbonyl (C=O) groups is 1. The summed E-state index contributed by atoms with van der Waals surface area (Å²) in [6.45, 7) is 6.08. The lowest BCUT2D eigenvalue weighted by Crippen LogP contribution is -2.65. The number of β-amino-alcohol motifs (C(OH)–C–C–N with tert-alkyl or cyclic N) is 1. The molecule has 0 aromatic rings. The van der Waals surface area contributed by atoms with Crippen molar-refractivity contribution >= 4 is 5.91 Å². The van der Waals surface area contributed by atoms with Crippen LogP contribution in [0.15, 0.2) is 0 Å². The van der Waals surface area contributed by atoms with Crippen molar-refractivity contribution in [2.24, 2.45) is 0 Å². The zero-order valence-corrected chi connectivity index (χ0v) is 10.3. The average Bonchev–Trinajstić information content (AvgIpc) is 2.19. The molecule has 0 aromatic heterocycles. The second-order valence-electron chi connectivity index (χ2n) is 4.72. The summed E-state index contributed by atoms with van der Waals surface area (Å²) >= 11 is 0. The first-order valence-electron chi connectivity index (χ1n) is 5.69. The highest BCUT2D eigenvalue weighted by Gasteiger charge is 2.40. The lowest BCUT2D eigenvalue weighted by atomic mass is 9.95. The zero-order valence-electron chi connectivity index (χ0n) is 10.3. The Morgan fingerprint density at radius 3 is 2.75 bits per heavy atom. The van der Waals surface area contributed by atoms with Crippen LogP contribution >= 0.6 is 0 Å². The standard InChI is InChI=1S/C11H22N2O3/c1-9(13-7-11(2,15)8-13)10(14)12-5-4-6-16-3/h9,15H,4-8H2,1-3H3,(H,12,14). The molecule has 16 heavy (non-hydrogen) atoms. The van der Waals surface area contributed by atoms with Gasteiger partial charge in [-0.05, 0) is 20.3 Å². The fourth-order valence-corrected chi connectivity index (χ4v) is 1.84. The van der Waals surface area contributed by atoms with E-state index in [9.17, 15) is 9.90 Å². The van der Waals surface area contributed by atoms with Gasteiger partial charge in [-0.25, -0.2) is 0 Å². The molecule has 0 radical (unpaired) electrons. The minimum atomic E-state index is -0.620. The molecule has 1 saturated heterocycles. The van der Waals surface area contributed by atoms with Crippen LogP contribution in [-0.4, -0.2) is 60.9 Å². The zero-order chi connectivity index (χ0) is 12.2. The van der Waals surface area contributed by atoms with Crippen molar-refractivity contribution in [2.75, 3.05) is 33.4 Å². The van der Waals surface area contributed by atoms with Crippen LogP contribution in [0.1, 0.15) is 20.3 Å². The normalized spacial score (nSPS) is 21.2. The molecule has 2 N–H and O–H groups in total. The summed E-state index contributed by atoms with van der Waals surface area (Å²) in [5.74, 6) is 0.0200. The predicted molar refractivity (Wildman–Crippen MR) is 61.2 cm³/mol. The van der Waals surface area contributed by atoms with Gasteiger partial charge in [-0.3, -0.25) is 9.69 Å². The summed E-state index contributed by atoms with van der Waals surface area (Å²) in [4.78, 5) is 13.6. The monoisotopic (exact) mass is 230 g/mol. The number of nitrogens with one attached hydrogen (secondary N) is 1. The summed E-state index contributed by atoms with van der Waals surface area (Å²) in [7, 11) is 1.65. The van der Waals surface area contributed by atoms with Crippen molar-refractivity contribution in [3.63, 3.8) is 0 Å². The number of amides is 1. The van der Waals surface area contributed by atoms with Crippen molar-refractivity contribution in [3.8, 4) is 0 Å². The molecule has 1 aliphatic heterocycles. The molecule has 1 aliphatic rings.